The summed E-state index contributed by atoms with van der Waals surface area (Å²) in [5, 5.41) is 0. The molecule has 2 N–H and O–H groups in total. The average Bonchev–Trinajstić information content (AvgIpc) is 2.78. The zero-order valence-electron chi connectivity index (χ0n) is 13.6. The van der Waals surface area contributed by atoms with Crippen molar-refractivity contribution in [2.75, 3.05) is 25.0 Å². The van der Waals surface area contributed by atoms with Crippen LogP contribution in [0.15, 0.2) is 24.3 Å². The number of carbonyl (C=O) groups is 1. The van der Waals surface area contributed by atoms with Gasteiger partial charge in [-0.1, -0.05) is 24.6 Å². The molecule has 1 aliphatic heterocycles. The van der Waals surface area contributed by atoms with Gasteiger partial charge in [0.25, 0.3) is 0 Å². The Labute approximate surface area is 151 Å². The number of rotatable bonds is 2. The number of amides is 1. The highest BCUT2D eigenvalue weighted by molar-refractivity contribution is 5.94. The fraction of sp³-hybridized carbons (Fsp3) is 0.588. The molecule has 1 heterocycles. The zero-order valence-corrected chi connectivity index (χ0v) is 15.2. The summed E-state index contributed by atoms with van der Waals surface area (Å²) in [7, 11) is 2.11. The minimum Gasteiger partial charge on any atom is -0.327 e. The molecule has 1 aromatic rings. The number of fused-ring (bicyclic) bond motifs is 1. The number of anilines is 1. The number of nitrogens with two attached hydrogens (primary N) is 1. The van der Waals surface area contributed by atoms with Crippen LogP contribution >= 0.6 is 24.8 Å². The van der Waals surface area contributed by atoms with Crippen LogP contribution in [-0.2, 0) is 11.3 Å². The van der Waals surface area contributed by atoms with Gasteiger partial charge in [-0.2, -0.15) is 0 Å². The number of likely N-dealkylation sites (N-methyl/N-ethyl adjacent to an activating group) is 1. The number of benzene rings is 1. The van der Waals surface area contributed by atoms with Crippen molar-refractivity contribution in [1.82, 2.24) is 4.90 Å². The number of hydrogen-bond donors (Lipinski definition) is 1. The molecular formula is C17H27Cl2N3O. The monoisotopic (exact) mass is 359 g/mol. The van der Waals surface area contributed by atoms with Crippen molar-refractivity contribution in [1.29, 1.82) is 0 Å². The van der Waals surface area contributed by atoms with Crippen LogP contribution in [0.4, 0.5) is 5.69 Å². The van der Waals surface area contributed by atoms with Gasteiger partial charge < -0.3 is 15.5 Å². The standard InChI is InChI=1S/C17H25N3O.2ClH/c1-19-9-10-20(16-8-3-2-5-14(16)12-19)17(21)11-13-6-4-7-15(13)18;;/h2-3,5,8,13,15H,4,6-7,9-12,18H2,1H3;2*1H/t13-,15+;;/m0../s1. The van der Waals surface area contributed by atoms with E-state index in [2.05, 4.69) is 24.1 Å². The second-order valence-corrected chi connectivity index (χ2v) is 6.47. The predicted octanol–water partition coefficient (Wildman–Crippen LogP) is 2.83. The maximum absolute atomic E-state index is 12.8. The summed E-state index contributed by atoms with van der Waals surface area (Å²) in [6, 6.07) is 8.47. The zero-order chi connectivity index (χ0) is 14.8. The number of nitrogens with zero attached hydrogens (tertiary/aromatic N) is 2. The normalized spacial score (nSPS) is 24.2. The molecule has 2 atom stereocenters. The van der Waals surface area contributed by atoms with Crippen molar-refractivity contribution < 1.29 is 4.79 Å². The molecule has 0 unspecified atom stereocenters. The first-order valence-corrected chi connectivity index (χ1v) is 7.97. The first-order valence-electron chi connectivity index (χ1n) is 7.97. The van der Waals surface area contributed by atoms with Gasteiger partial charge in [0.15, 0.2) is 0 Å². The Balaban J connectivity index is 0.00000132. The molecule has 1 aliphatic carbocycles. The van der Waals surface area contributed by atoms with Gasteiger partial charge in [-0.3, -0.25) is 4.79 Å². The SMILES string of the molecule is CN1CCN(C(=O)C[C@@H]2CCC[C@H]2N)c2ccccc2C1.Cl.Cl. The maximum Gasteiger partial charge on any atom is 0.227 e. The van der Waals surface area contributed by atoms with E-state index in [-0.39, 0.29) is 36.8 Å². The third-order valence-electron chi connectivity index (χ3n) is 4.88. The van der Waals surface area contributed by atoms with Crippen LogP contribution in [0.25, 0.3) is 0 Å². The molecule has 1 fully saturated rings. The molecule has 4 nitrogen and oxygen atoms in total. The molecule has 1 aromatic carbocycles. The molecule has 0 saturated heterocycles. The van der Waals surface area contributed by atoms with E-state index >= 15 is 0 Å². The van der Waals surface area contributed by atoms with Crippen LogP contribution < -0.4 is 10.6 Å². The third kappa shape index (κ3) is 4.60. The van der Waals surface area contributed by atoms with Gasteiger partial charge in [0.2, 0.25) is 5.91 Å². The van der Waals surface area contributed by atoms with Crippen LogP contribution in [0.1, 0.15) is 31.2 Å². The lowest BCUT2D eigenvalue weighted by atomic mass is 9.99. The highest BCUT2D eigenvalue weighted by atomic mass is 35.5. The van der Waals surface area contributed by atoms with Crippen molar-refractivity contribution >= 4 is 36.4 Å². The van der Waals surface area contributed by atoms with Crippen LogP contribution in [0.2, 0.25) is 0 Å². The Hall–Kier alpha value is -0.810. The Morgan fingerprint density at radius 3 is 2.65 bits per heavy atom. The van der Waals surface area contributed by atoms with Crippen LogP contribution in [-0.4, -0.2) is 37.0 Å². The van der Waals surface area contributed by atoms with Crippen molar-refractivity contribution in [2.24, 2.45) is 11.7 Å². The van der Waals surface area contributed by atoms with E-state index in [4.69, 9.17) is 5.73 Å². The van der Waals surface area contributed by atoms with Crippen molar-refractivity contribution in [3.63, 3.8) is 0 Å². The van der Waals surface area contributed by atoms with Gasteiger partial charge in [-0.15, -0.1) is 24.8 Å². The third-order valence-corrected chi connectivity index (χ3v) is 4.88. The second-order valence-electron chi connectivity index (χ2n) is 6.47. The summed E-state index contributed by atoms with van der Waals surface area (Å²) < 4.78 is 0. The van der Waals surface area contributed by atoms with E-state index in [0.29, 0.717) is 12.3 Å². The molecule has 2 aliphatic rings. The molecule has 23 heavy (non-hydrogen) atoms. The Morgan fingerprint density at radius 1 is 1.22 bits per heavy atom. The van der Waals surface area contributed by atoms with Gasteiger partial charge in [0.1, 0.15) is 0 Å². The van der Waals surface area contributed by atoms with Gasteiger partial charge in [-0.05, 0) is 37.4 Å². The number of para-hydroxylation sites is 1. The molecule has 0 bridgehead atoms. The second kappa shape index (κ2) is 8.88. The first-order chi connectivity index (χ1) is 10.1. The van der Waals surface area contributed by atoms with Crippen LogP contribution in [0.3, 0.4) is 0 Å². The van der Waals surface area contributed by atoms with E-state index in [1.54, 1.807) is 0 Å². The largest absolute Gasteiger partial charge is 0.327 e. The Morgan fingerprint density at radius 2 is 1.96 bits per heavy atom. The van der Waals surface area contributed by atoms with E-state index in [9.17, 15) is 4.79 Å². The fourth-order valence-corrected chi connectivity index (χ4v) is 3.58. The lowest BCUT2D eigenvalue weighted by Crippen LogP contribution is -2.38. The molecule has 0 spiro atoms. The summed E-state index contributed by atoms with van der Waals surface area (Å²) >= 11 is 0. The topological polar surface area (TPSA) is 49.6 Å². The van der Waals surface area contributed by atoms with E-state index < -0.39 is 0 Å². The molecule has 0 radical (unpaired) electrons. The molecule has 0 aromatic heterocycles. The summed E-state index contributed by atoms with van der Waals surface area (Å²) in [4.78, 5) is 17.0. The van der Waals surface area contributed by atoms with Gasteiger partial charge in [0.05, 0.1) is 0 Å². The number of hydrogen-bond acceptors (Lipinski definition) is 3. The minimum atomic E-state index is 0. The van der Waals surface area contributed by atoms with E-state index in [1.807, 2.05) is 17.0 Å². The summed E-state index contributed by atoms with van der Waals surface area (Å²) in [5.41, 5.74) is 8.44. The molecule has 6 heteroatoms. The van der Waals surface area contributed by atoms with Crippen LogP contribution in [0.5, 0.6) is 0 Å². The predicted molar refractivity (Wildman–Crippen MR) is 99.6 cm³/mol. The average molecular weight is 360 g/mol. The quantitative estimate of drug-likeness (QED) is 0.882. The maximum atomic E-state index is 12.8. The van der Waals surface area contributed by atoms with Gasteiger partial charge in [-0.25, -0.2) is 0 Å². The Bertz CT molecular complexity index is 526. The van der Waals surface area contributed by atoms with Gasteiger partial charge >= 0.3 is 0 Å². The lowest BCUT2D eigenvalue weighted by molar-refractivity contribution is -0.119. The number of carbonyl (C=O) groups excluding carboxylic acids is 1. The fourth-order valence-electron chi connectivity index (χ4n) is 3.58. The molecular weight excluding hydrogens is 333 g/mol. The Kier molecular flexibility index (Phi) is 7.81. The summed E-state index contributed by atoms with van der Waals surface area (Å²) in [6.07, 6.45) is 3.93. The van der Waals surface area contributed by atoms with Gasteiger partial charge in [0, 0.05) is 37.8 Å². The van der Waals surface area contributed by atoms with Crippen LogP contribution in [0, 0.1) is 5.92 Å². The molecule has 1 amide bonds. The van der Waals surface area contributed by atoms with Crippen molar-refractivity contribution in [2.45, 2.75) is 38.3 Å². The minimum absolute atomic E-state index is 0. The lowest BCUT2D eigenvalue weighted by Gasteiger charge is -2.25. The van der Waals surface area contributed by atoms with Crippen molar-refractivity contribution in [3.8, 4) is 0 Å². The molecule has 3 rings (SSSR count). The molecule has 130 valence electrons. The van der Waals surface area contributed by atoms with E-state index in [0.717, 1.165) is 38.2 Å². The first kappa shape index (κ1) is 20.2. The van der Waals surface area contributed by atoms with E-state index in [1.165, 1.54) is 12.0 Å². The smallest absolute Gasteiger partial charge is 0.227 e. The molecule has 1 saturated carbocycles. The highest BCUT2D eigenvalue weighted by Gasteiger charge is 2.29. The highest BCUT2D eigenvalue weighted by Crippen LogP contribution is 2.30. The number of halogens is 2. The summed E-state index contributed by atoms with van der Waals surface area (Å²) in [5.74, 6) is 0.603. The van der Waals surface area contributed by atoms with Crippen molar-refractivity contribution in [3.05, 3.63) is 29.8 Å². The summed E-state index contributed by atoms with van der Waals surface area (Å²) in [6.45, 7) is 2.59.